The molecule has 0 saturated heterocycles. The third-order valence-electron chi connectivity index (χ3n) is 4.19. The summed E-state index contributed by atoms with van der Waals surface area (Å²) in [5.41, 5.74) is -3.11. The maximum absolute atomic E-state index is 13.5. The van der Waals surface area contributed by atoms with Gasteiger partial charge in [-0.15, -0.1) is 0 Å². The van der Waals surface area contributed by atoms with Crippen molar-refractivity contribution in [2.75, 3.05) is 0 Å². The number of carbonyl (C=O) groups excluding carboxylic acids is 4. The van der Waals surface area contributed by atoms with E-state index in [2.05, 4.69) is 0 Å². The van der Waals surface area contributed by atoms with Crippen LogP contribution < -0.4 is 4.74 Å². The average molecular weight is 664 g/mol. The third-order valence-corrected chi connectivity index (χ3v) is 5.24. The van der Waals surface area contributed by atoms with Crippen molar-refractivity contribution >= 4 is 46.9 Å². The van der Waals surface area contributed by atoms with Crippen LogP contribution in [0, 0.1) is 3.57 Å². The number of carbonyl (C=O) groups is 4. The third kappa shape index (κ3) is 13.4. The second kappa shape index (κ2) is 12.7. The first-order valence-electron chi connectivity index (χ1n) is 12.5. The summed E-state index contributed by atoms with van der Waals surface area (Å²) < 4.78 is 27.8. The van der Waals surface area contributed by atoms with Crippen molar-refractivity contribution < 1.29 is 42.9 Å². The lowest BCUT2D eigenvalue weighted by Gasteiger charge is -2.34. The van der Waals surface area contributed by atoms with Crippen molar-refractivity contribution in [3.63, 3.8) is 0 Å². The molecule has 0 N–H and O–H groups in total. The maximum atomic E-state index is 13.5. The summed E-state index contributed by atoms with van der Waals surface area (Å²) in [6.45, 7) is 20.0. The van der Waals surface area contributed by atoms with Crippen LogP contribution in [0.3, 0.4) is 0 Å². The zero-order valence-electron chi connectivity index (χ0n) is 25.0. The van der Waals surface area contributed by atoms with E-state index in [0.29, 0.717) is 14.0 Å². The number of rotatable bonds is 5. The molecular weight excluding hydrogens is 621 g/mol. The Kier molecular flexibility index (Phi) is 11.3. The molecule has 0 radical (unpaired) electrons. The molecule has 1 atom stereocenters. The Bertz CT molecular complexity index is 1030. The molecule has 2 amide bonds. The minimum Gasteiger partial charge on any atom is -0.458 e. The molecule has 11 heteroatoms. The fourth-order valence-corrected chi connectivity index (χ4v) is 3.50. The Balaban J connectivity index is 3.58. The van der Waals surface area contributed by atoms with Gasteiger partial charge >= 0.3 is 24.3 Å². The van der Waals surface area contributed by atoms with Crippen molar-refractivity contribution in [3.8, 4) is 5.75 Å². The van der Waals surface area contributed by atoms with Crippen LogP contribution in [-0.4, -0.2) is 57.7 Å². The van der Waals surface area contributed by atoms with E-state index in [9.17, 15) is 19.2 Å². The second-order valence-corrected chi connectivity index (χ2v) is 14.1. The monoisotopic (exact) mass is 663 g/mol. The molecule has 1 aromatic rings. The number of benzene rings is 1. The van der Waals surface area contributed by atoms with Crippen LogP contribution in [0.4, 0.5) is 14.4 Å². The van der Waals surface area contributed by atoms with Crippen molar-refractivity contribution in [2.24, 2.45) is 0 Å². The molecule has 39 heavy (non-hydrogen) atoms. The summed E-state index contributed by atoms with van der Waals surface area (Å²) in [5.74, 6) is -0.683. The van der Waals surface area contributed by atoms with E-state index < -0.39 is 52.8 Å². The quantitative estimate of drug-likeness (QED) is 0.142. The first-order chi connectivity index (χ1) is 17.4. The van der Waals surface area contributed by atoms with Crippen molar-refractivity contribution in [1.82, 2.24) is 4.90 Å². The number of hydrogen-bond acceptors (Lipinski definition) is 9. The fourth-order valence-electron chi connectivity index (χ4n) is 2.95. The van der Waals surface area contributed by atoms with Gasteiger partial charge in [0.25, 0.3) is 0 Å². The van der Waals surface area contributed by atoms with Crippen LogP contribution in [0.15, 0.2) is 18.2 Å². The molecule has 220 valence electrons. The first-order valence-corrected chi connectivity index (χ1v) is 13.6. The van der Waals surface area contributed by atoms with Crippen LogP contribution in [0.1, 0.15) is 88.6 Å². The van der Waals surface area contributed by atoms with Crippen LogP contribution in [0.5, 0.6) is 5.75 Å². The Labute approximate surface area is 245 Å². The molecule has 0 aliphatic carbocycles. The van der Waals surface area contributed by atoms with Gasteiger partial charge in [0.2, 0.25) is 0 Å². The molecule has 1 aromatic carbocycles. The molecule has 0 aromatic heterocycles. The lowest BCUT2D eigenvalue weighted by molar-refractivity contribution is -0.161. The Morgan fingerprint density at radius 2 is 1.15 bits per heavy atom. The number of ether oxygens (including phenoxy) is 5. The summed E-state index contributed by atoms with van der Waals surface area (Å²) in [7, 11) is 0. The van der Waals surface area contributed by atoms with Gasteiger partial charge in [0.1, 0.15) is 34.2 Å². The minimum atomic E-state index is -1.46. The maximum Gasteiger partial charge on any atom is 0.514 e. The molecule has 0 unspecified atom stereocenters. The van der Waals surface area contributed by atoms with Gasteiger partial charge in [0.05, 0.1) is 0 Å². The molecule has 0 spiro atoms. The van der Waals surface area contributed by atoms with Crippen LogP contribution in [0.2, 0.25) is 0 Å². The van der Waals surface area contributed by atoms with Gasteiger partial charge in [0.15, 0.2) is 0 Å². The van der Waals surface area contributed by atoms with Crippen molar-refractivity contribution in [3.05, 3.63) is 27.3 Å². The van der Waals surface area contributed by atoms with Crippen LogP contribution >= 0.6 is 22.6 Å². The van der Waals surface area contributed by atoms with Gasteiger partial charge in [-0.25, -0.2) is 19.2 Å². The van der Waals surface area contributed by atoms with Crippen LogP contribution in [0.25, 0.3) is 0 Å². The Morgan fingerprint density at radius 3 is 1.56 bits per heavy atom. The number of amides is 2. The van der Waals surface area contributed by atoms with Gasteiger partial charge < -0.3 is 23.7 Å². The summed E-state index contributed by atoms with van der Waals surface area (Å²) in [5, 5.41) is 0. The molecule has 0 heterocycles. The second-order valence-electron chi connectivity index (χ2n) is 12.9. The highest BCUT2D eigenvalue weighted by Gasteiger charge is 2.42. The highest BCUT2D eigenvalue weighted by molar-refractivity contribution is 14.1. The molecule has 0 aliphatic rings. The molecule has 10 nitrogen and oxygen atoms in total. The fraction of sp³-hybridized carbons (Fsp3) is 0.643. The Hall–Kier alpha value is -2.57. The van der Waals surface area contributed by atoms with E-state index >= 15 is 0 Å². The summed E-state index contributed by atoms with van der Waals surface area (Å²) >= 11 is 2.05. The largest absolute Gasteiger partial charge is 0.514 e. The lowest BCUT2D eigenvalue weighted by Crippen LogP contribution is -2.54. The SMILES string of the molecule is CC(C)(C)OC(=O)Oc1ccc(I)c(C[C@@H](C(=O)OC(C)(C)C)N(C(=O)OC(C)(C)C)C(=O)OC(C)(C)C)c1. The average Bonchev–Trinajstić information content (AvgIpc) is 2.64. The van der Waals surface area contributed by atoms with E-state index in [1.54, 1.807) is 95.2 Å². The minimum absolute atomic E-state index is 0.156. The molecule has 0 aliphatic heterocycles. The topological polar surface area (TPSA) is 118 Å². The zero-order valence-corrected chi connectivity index (χ0v) is 27.2. The lowest BCUT2D eigenvalue weighted by atomic mass is 10.0. The van der Waals surface area contributed by atoms with Gasteiger partial charge in [-0.3, -0.25) is 0 Å². The normalized spacial score (nSPS) is 13.2. The van der Waals surface area contributed by atoms with Gasteiger partial charge in [-0.1, -0.05) is 0 Å². The van der Waals surface area contributed by atoms with Crippen LogP contribution in [-0.2, 0) is 30.2 Å². The molecule has 0 saturated carbocycles. The van der Waals surface area contributed by atoms with Gasteiger partial charge in [-0.2, -0.15) is 4.90 Å². The van der Waals surface area contributed by atoms with E-state index in [1.165, 1.54) is 6.07 Å². The molecular formula is C28H42INO9. The molecule has 1 rings (SSSR count). The zero-order chi connectivity index (χ0) is 30.6. The predicted octanol–water partition coefficient (Wildman–Crippen LogP) is 7.03. The summed E-state index contributed by atoms with van der Waals surface area (Å²) in [6, 6.07) is 3.31. The molecule has 0 bridgehead atoms. The van der Waals surface area contributed by atoms with Gasteiger partial charge in [0, 0.05) is 9.99 Å². The first kappa shape index (κ1) is 34.5. The van der Waals surface area contributed by atoms with Crippen molar-refractivity contribution in [1.29, 1.82) is 0 Å². The van der Waals surface area contributed by atoms with E-state index in [1.807, 2.05) is 22.6 Å². The number of nitrogens with zero attached hydrogens (tertiary/aromatic N) is 1. The van der Waals surface area contributed by atoms with E-state index in [0.717, 1.165) is 0 Å². The van der Waals surface area contributed by atoms with Crippen molar-refractivity contribution in [2.45, 2.75) is 118 Å². The highest BCUT2D eigenvalue weighted by Crippen LogP contribution is 2.26. The number of hydrogen-bond donors (Lipinski definition) is 0. The smallest absolute Gasteiger partial charge is 0.458 e. The van der Waals surface area contributed by atoms with E-state index in [4.69, 9.17) is 23.7 Å². The van der Waals surface area contributed by atoms with Gasteiger partial charge in [-0.05, 0) is 129 Å². The molecule has 0 fully saturated rings. The summed E-state index contributed by atoms with van der Waals surface area (Å²) in [4.78, 5) is 53.0. The predicted molar refractivity (Wildman–Crippen MR) is 154 cm³/mol. The summed E-state index contributed by atoms with van der Waals surface area (Å²) in [6.07, 6.45) is -3.20. The Morgan fingerprint density at radius 1 is 0.718 bits per heavy atom. The number of halogens is 1. The number of imide groups is 1. The van der Waals surface area contributed by atoms with E-state index in [-0.39, 0.29) is 12.2 Å². The standard InChI is InChI=1S/C28H42INO9/c1-25(2,3)36-21(31)20(30(22(32)37-26(4,5)6)23(33)38-27(7,8)9)16-17-15-18(13-14-19(17)29)35-24(34)39-28(10,11)12/h13-15,20H,16H2,1-12H3/t20-/m0/s1. The number of esters is 1. The highest BCUT2D eigenvalue weighted by atomic mass is 127.